The molecule has 0 saturated heterocycles. The maximum absolute atomic E-state index is 13.5. The Hall–Kier alpha value is -2.33. The third kappa shape index (κ3) is 5.58. The number of amides is 2. The molecule has 35 heavy (non-hydrogen) atoms. The second-order valence-electron chi connectivity index (χ2n) is 9.30. The number of thioether (sulfide) groups is 1. The van der Waals surface area contributed by atoms with E-state index in [1.165, 1.54) is 0 Å². The fourth-order valence-electron chi connectivity index (χ4n) is 4.04. The van der Waals surface area contributed by atoms with Crippen LogP contribution in [0.25, 0.3) is 5.69 Å². The van der Waals surface area contributed by atoms with Crippen molar-refractivity contribution in [1.29, 1.82) is 0 Å². The maximum Gasteiger partial charge on any atom is 0.240 e. The Bertz CT molecular complexity index is 1200. The minimum Gasteiger partial charge on any atom is -0.383 e. The van der Waals surface area contributed by atoms with Crippen molar-refractivity contribution in [3.8, 4) is 5.69 Å². The van der Waals surface area contributed by atoms with Crippen LogP contribution in [0.3, 0.4) is 0 Å². The molecular weight excluding hydrogens is 504 g/mol. The van der Waals surface area contributed by atoms with Crippen molar-refractivity contribution in [3.05, 3.63) is 62.9 Å². The topological polar surface area (TPSA) is 76.5 Å². The van der Waals surface area contributed by atoms with E-state index in [0.29, 0.717) is 24.0 Å². The predicted molar refractivity (Wildman–Crippen MR) is 143 cm³/mol. The van der Waals surface area contributed by atoms with Gasteiger partial charge in [-0.1, -0.05) is 38.4 Å². The fourth-order valence-corrected chi connectivity index (χ4v) is 6.18. The van der Waals surface area contributed by atoms with Crippen LogP contribution >= 0.6 is 34.7 Å². The summed E-state index contributed by atoms with van der Waals surface area (Å²) in [4.78, 5) is 27.9. The zero-order chi connectivity index (χ0) is 25.2. The summed E-state index contributed by atoms with van der Waals surface area (Å²) < 4.78 is 6.81. The molecule has 2 aromatic heterocycles. The first-order valence-electron chi connectivity index (χ1n) is 11.3. The van der Waals surface area contributed by atoms with E-state index >= 15 is 0 Å². The van der Waals surface area contributed by atoms with Gasteiger partial charge in [0.2, 0.25) is 11.8 Å². The number of thiophene rings is 1. The standard InChI is InChI=1S/C25H29ClN4O3S2/c1-25(2,3)23-21-22(16-8-11-34-14-16)35-15-20(32)29(13-19(31)27-9-10-33-4)24(21)30(28-23)18-7-5-6-17(26)12-18/h5-8,11-12,14,22H,9-10,13,15H2,1-4H3,(H,27,31)/t22-/m1/s1. The molecule has 0 unspecified atom stereocenters. The zero-order valence-electron chi connectivity index (χ0n) is 20.2. The first-order valence-corrected chi connectivity index (χ1v) is 13.7. The number of methoxy groups -OCH3 is 1. The predicted octanol–water partition coefficient (Wildman–Crippen LogP) is 4.82. The van der Waals surface area contributed by atoms with Crippen molar-refractivity contribution < 1.29 is 14.3 Å². The van der Waals surface area contributed by atoms with Crippen LogP contribution in [0.1, 0.15) is 42.8 Å². The lowest BCUT2D eigenvalue weighted by Gasteiger charge is -2.24. The summed E-state index contributed by atoms with van der Waals surface area (Å²) >= 11 is 9.53. The molecule has 4 rings (SSSR count). The molecule has 186 valence electrons. The molecule has 1 N–H and O–H groups in total. The molecule has 7 nitrogen and oxygen atoms in total. The van der Waals surface area contributed by atoms with Crippen LogP contribution in [0.4, 0.5) is 5.82 Å². The van der Waals surface area contributed by atoms with E-state index in [1.807, 2.05) is 23.6 Å². The number of benzene rings is 1. The van der Waals surface area contributed by atoms with Crippen molar-refractivity contribution >= 4 is 52.3 Å². The van der Waals surface area contributed by atoms with E-state index in [1.54, 1.807) is 45.9 Å². The van der Waals surface area contributed by atoms with Gasteiger partial charge in [-0.25, -0.2) is 4.68 Å². The second kappa shape index (κ2) is 10.7. The Labute approximate surface area is 218 Å². The first-order chi connectivity index (χ1) is 16.7. The number of nitrogens with zero attached hydrogens (tertiary/aromatic N) is 3. The van der Waals surface area contributed by atoms with Gasteiger partial charge in [-0.2, -0.15) is 16.4 Å². The van der Waals surface area contributed by atoms with Crippen LogP contribution in [0.15, 0.2) is 41.1 Å². The van der Waals surface area contributed by atoms with Crippen molar-refractivity contribution in [2.75, 3.05) is 37.5 Å². The fraction of sp³-hybridized carbons (Fsp3) is 0.400. The van der Waals surface area contributed by atoms with E-state index in [9.17, 15) is 9.59 Å². The Morgan fingerprint density at radius 2 is 2.11 bits per heavy atom. The van der Waals surface area contributed by atoms with E-state index in [0.717, 1.165) is 22.5 Å². The molecule has 0 spiro atoms. The molecule has 2 amide bonds. The van der Waals surface area contributed by atoms with Gasteiger partial charge < -0.3 is 10.1 Å². The summed E-state index contributed by atoms with van der Waals surface area (Å²) in [7, 11) is 1.58. The van der Waals surface area contributed by atoms with Gasteiger partial charge in [0.1, 0.15) is 12.4 Å². The average Bonchev–Trinajstić information content (AvgIpc) is 3.44. The van der Waals surface area contributed by atoms with Crippen molar-refractivity contribution in [2.45, 2.75) is 31.4 Å². The molecule has 1 atom stereocenters. The van der Waals surface area contributed by atoms with Gasteiger partial charge in [0.15, 0.2) is 0 Å². The summed E-state index contributed by atoms with van der Waals surface area (Å²) in [5, 5.41) is 12.5. The quantitative estimate of drug-likeness (QED) is 0.442. The third-order valence-electron chi connectivity index (χ3n) is 5.63. The molecule has 0 aliphatic carbocycles. The number of nitrogens with one attached hydrogen (secondary N) is 1. The number of carbonyl (C=O) groups excluding carboxylic acids is 2. The van der Waals surface area contributed by atoms with Crippen molar-refractivity contribution in [1.82, 2.24) is 15.1 Å². The average molecular weight is 533 g/mol. The molecule has 0 radical (unpaired) electrons. The van der Waals surface area contributed by atoms with Gasteiger partial charge in [-0.15, -0.1) is 11.8 Å². The Kier molecular flexibility index (Phi) is 7.90. The molecule has 3 aromatic rings. The van der Waals surface area contributed by atoms with Crippen molar-refractivity contribution in [3.63, 3.8) is 0 Å². The molecule has 1 aliphatic rings. The SMILES string of the molecule is COCCNC(=O)CN1C(=O)CS[C@H](c2ccsc2)c2c(C(C)(C)C)nn(-c3cccc(Cl)c3)c21. The maximum atomic E-state index is 13.5. The van der Waals surface area contributed by atoms with Gasteiger partial charge in [0, 0.05) is 29.7 Å². The van der Waals surface area contributed by atoms with Gasteiger partial charge in [-0.05, 0) is 40.6 Å². The summed E-state index contributed by atoms with van der Waals surface area (Å²) in [6.45, 7) is 7.00. The smallest absolute Gasteiger partial charge is 0.240 e. The van der Waals surface area contributed by atoms with Crippen LogP contribution < -0.4 is 10.2 Å². The number of rotatable bonds is 7. The first kappa shape index (κ1) is 25.8. The summed E-state index contributed by atoms with van der Waals surface area (Å²) in [5.74, 6) is 0.473. The van der Waals surface area contributed by atoms with Gasteiger partial charge in [-0.3, -0.25) is 14.5 Å². The normalized spacial score (nSPS) is 16.2. The minimum atomic E-state index is -0.303. The highest BCUT2D eigenvalue weighted by Crippen LogP contribution is 2.48. The van der Waals surface area contributed by atoms with Crippen LogP contribution in [-0.2, 0) is 19.7 Å². The minimum absolute atomic E-state index is 0.0936. The van der Waals surface area contributed by atoms with Crippen molar-refractivity contribution in [2.24, 2.45) is 0 Å². The highest BCUT2D eigenvalue weighted by atomic mass is 35.5. The molecule has 0 fully saturated rings. The summed E-state index contributed by atoms with van der Waals surface area (Å²) in [6, 6.07) is 9.47. The molecule has 1 aromatic carbocycles. The molecule has 0 bridgehead atoms. The molecular formula is C25H29ClN4O3S2. The Morgan fingerprint density at radius 3 is 2.77 bits per heavy atom. The van der Waals surface area contributed by atoms with Gasteiger partial charge in [0.05, 0.1) is 29.0 Å². The van der Waals surface area contributed by atoms with Crippen LogP contribution in [-0.4, -0.2) is 54.2 Å². The summed E-state index contributed by atoms with van der Waals surface area (Å²) in [5.41, 5.74) is 3.39. The molecule has 3 heterocycles. The summed E-state index contributed by atoms with van der Waals surface area (Å²) in [6.07, 6.45) is 0. The largest absolute Gasteiger partial charge is 0.383 e. The lowest BCUT2D eigenvalue weighted by molar-refractivity contribution is -0.123. The molecule has 1 aliphatic heterocycles. The van der Waals surface area contributed by atoms with E-state index in [4.69, 9.17) is 21.4 Å². The highest BCUT2D eigenvalue weighted by molar-refractivity contribution is 8.00. The lowest BCUT2D eigenvalue weighted by atomic mass is 9.87. The number of carbonyl (C=O) groups is 2. The molecule has 0 saturated carbocycles. The van der Waals surface area contributed by atoms with Crippen LogP contribution in [0.5, 0.6) is 0 Å². The Morgan fingerprint density at radius 1 is 1.31 bits per heavy atom. The zero-order valence-corrected chi connectivity index (χ0v) is 22.6. The number of fused-ring (bicyclic) bond motifs is 1. The third-order valence-corrected chi connectivity index (χ3v) is 7.82. The number of aromatic nitrogens is 2. The number of halogens is 1. The lowest BCUT2D eigenvalue weighted by Crippen LogP contribution is -2.43. The number of hydrogen-bond acceptors (Lipinski definition) is 6. The molecule has 10 heteroatoms. The second-order valence-corrected chi connectivity index (χ2v) is 11.6. The van der Waals surface area contributed by atoms with E-state index in [2.05, 4.69) is 37.5 Å². The highest BCUT2D eigenvalue weighted by Gasteiger charge is 2.40. The van der Waals surface area contributed by atoms with Crippen LogP contribution in [0.2, 0.25) is 5.02 Å². The number of anilines is 1. The Balaban J connectivity index is 1.93. The number of hydrogen-bond donors (Lipinski definition) is 1. The van der Waals surface area contributed by atoms with E-state index < -0.39 is 0 Å². The van der Waals surface area contributed by atoms with Gasteiger partial charge >= 0.3 is 0 Å². The number of ether oxygens (including phenoxy) is 1. The monoisotopic (exact) mass is 532 g/mol. The van der Waals surface area contributed by atoms with E-state index in [-0.39, 0.29) is 34.8 Å². The van der Waals surface area contributed by atoms with Gasteiger partial charge in [0.25, 0.3) is 0 Å². The van der Waals surface area contributed by atoms with Crippen LogP contribution in [0, 0.1) is 0 Å².